The molecule has 25 heavy (non-hydrogen) atoms. The molecule has 0 atom stereocenters. The van der Waals surface area contributed by atoms with Crippen LogP contribution < -0.4 is 4.90 Å². The predicted molar refractivity (Wildman–Crippen MR) is 94.0 cm³/mol. The minimum absolute atomic E-state index is 0.134. The van der Waals surface area contributed by atoms with E-state index in [1.165, 1.54) is 15.1 Å². The van der Waals surface area contributed by atoms with E-state index in [-0.39, 0.29) is 11.9 Å². The Morgan fingerprint density at radius 2 is 1.88 bits per heavy atom. The quantitative estimate of drug-likeness (QED) is 0.796. The topological polar surface area (TPSA) is 34.0 Å². The normalized spacial score (nSPS) is 15.1. The molecule has 136 valence electrons. The van der Waals surface area contributed by atoms with Crippen molar-refractivity contribution >= 4 is 18.6 Å². The van der Waals surface area contributed by atoms with Gasteiger partial charge in [-0.25, -0.2) is 0 Å². The second-order valence-electron chi connectivity index (χ2n) is 6.94. The number of aromatic nitrogens is 3. The molecular weight excluding hydrogens is 349 g/mol. The minimum atomic E-state index is -4.59. The van der Waals surface area contributed by atoms with Crippen molar-refractivity contribution in [3.05, 3.63) is 29.1 Å². The highest BCUT2D eigenvalue weighted by Gasteiger charge is 2.38. The van der Waals surface area contributed by atoms with Crippen LogP contribution in [0.1, 0.15) is 55.5 Å². The highest BCUT2D eigenvalue weighted by molar-refractivity contribution is 7.80. The van der Waals surface area contributed by atoms with Gasteiger partial charge in [0, 0.05) is 19.0 Å². The number of alkyl halides is 3. The van der Waals surface area contributed by atoms with E-state index < -0.39 is 12.0 Å². The zero-order valence-corrected chi connectivity index (χ0v) is 15.5. The first-order valence-corrected chi connectivity index (χ1v) is 8.63. The summed E-state index contributed by atoms with van der Waals surface area (Å²) in [6.07, 6.45) is -2.32. The third-order valence-electron chi connectivity index (χ3n) is 4.29. The van der Waals surface area contributed by atoms with Crippen LogP contribution in [0, 0.1) is 0 Å². The van der Waals surface area contributed by atoms with Crippen molar-refractivity contribution in [1.29, 1.82) is 0 Å². The number of halogens is 3. The predicted octanol–water partition coefficient (Wildman–Crippen LogP) is 4.64. The van der Waals surface area contributed by atoms with Crippen molar-refractivity contribution in [1.82, 2.24) is 14.8 Å². The zero-order chi connectivity index (χ0) is 18.5. The Balaban J connectivity index is 2.21. The number of benzene rings is 1. The van der Waals surface area contributed by atoms with Crippen molar-refractivity contribution in [2.45, 2.75) is 49.6 Å². The Kier molecular flexibility index (Phi) is 4.51. The van der Waals surface area contributed by atoms with Crippen molar-refractivity contribution in [2.75, 3.05) is 19.0 Å². The summed E-state index contributed by atoms with van der Waals surface area (Å²) in [7, 11) is 3.30. The van der Waals surface area contributed by atoms with Gasteiger partial charge in [-0.05, 0) is 41.9 Å². The molecule has 0 radical (unpaired) electrons. The molecule has 3 rings (SSSR count). The van der Waals surface area contributed by atoms with Gasteiger partial charge in [0.15, 0.2) is 0 Å². The summed E-state index contributed by atoms with van der Waals surface area (Å²) in [6.45, 7) is 4.04. The zero-order valence-electron chi connectivity index (χ0n) is 14.6. The molecule has 1 heterocycles. The van der Waals surface area contributed by atoms with Gasteiger partial charge in [-0.2, -0.15) is 22.8 Å². The molecule has 0 saturated heterocycles. The molecular formula is C17H21F3N4S. The van der Waals surface area contributed by atoms with Gasteiger partial charge in [0.2, 0.25) is 5.95 Å². The fourth-order valence-electron chi connectivity index (χ4n) is 2.85. The Hall–Kier alpha value is -1.70. The summed E-state index contributed by atoms with van der Waals surface area (Å²) < 4.78 is 40.6. The van der Waals surface area contributed by atoms with E-state index in [2.05, 4.69) is 28.8 Å². The van der Waals surface area contributed by atoms with Crippen LogP contribution in [-0.4, -0.2) is 28.9 Å². The van der Waals surface area contributed by atoms with Gasteiger partial charge >= 0.3 is 6.18 Å². The van der Waals surface area contributed by atoms with E-state index in [9.17, 15) is 13.2 Å². The first-order valence-electron chi connectivity index (χ1n) is 8.18. The van der Waals surface area contributed by atoms with Crippen LogP contribution in [0.15, 0.2) is 17.0 Å². The van der Waals surface area contributed by atoms with Crippen LogP contribution in [0.25, 0.3) is 5.69 Å². The number of hydrogen-bond acceptors (Lipinski definition) is 4. The second-order valence-corrected chi connectivity index (χ2v) is 7.42. The Bertz CT molecular complexity index is 792. The molecule has 0 amide bonds. The van der Waals surface area contributed by atoms with Crippen LogP contribution >= 0.6 is 12.6 Å². The van der Waals surface area contributed by atoms with E-state index >= 15 is 0 Å². The van der Waals surface area contributed by atoms with E-state index in [1.54, 1.807) is 14.1 Å². The summed E-state index contributed by atoms with van der Waals surface area (Å²) in [5, 5.41) is 3.75. The maximum Gasteiger partial charge on any atom is 0.453 e. The third-order valence-corrected chi connectivity index (χ3v) is 4.67. The SMILES string of the molecule is CC(C)c1cc(C2CC2)c(S)cc1-n1nc(C(F)(F)F)nc1N(C)C. The van der Waals surface area contributed by atoms with Gasteiger partial charge in [0.25, 0.3) is 5.82 Å². The molecule has 0 unspecified atom stereocenters. The van der Waals surface area contributed by atoms with Gasteiger partial charge in [-0.15, -0.1) is 17.7 Å². The average molecular weight is 370 g/mol. The molecule has 1 aromatic heterocycles. The molecule has 0 N–H and O–H groups in total. The maximum atomic E-state index is 13.1. The van der Waals surface area contributed by atoms with Gasteiger partial charge in [0.05, 0.1) is 5.69 Å². The molecule has 1 aliphatic carbocycles. The summed E-state index contributed by atoms with van der Waals surface area (Å²) >= 11 is 4.57. The maximum absolute atomic E-state index is 13.1. The molecule has 1 aliphatic rings. The fourth-order valence-corrected chi connectivity index (χ4v) is 3.22. The van der Waals surface area contributed by atoms with Crippen molar-refractivity contribution in [3.63, 3.8) is 0 Å². The second kappa shape index (κ2) is 6.23. The number of hydrogen-bond donors (Lipinski definition) is 1. The fraction of sp³-hybridized carbons (Fsp3) is 0.529. The van der Waals surface area contributed by atoms with E-state index in [0.717, 1.165) is 23.3 Å². The van der Waals surface area contributed by atoms with Crippen molar-refractivity contribution < 1.29 is 13.2 Å². The van der Waals surface area contributed by atoms with Crippen LogP contribution in [0.5, 0.6) is 0 Å². The van der Waals surface area contributed by atoms with E-state index in [1.807, 2.05) is 19.9 Å². The minimum Gasteiger partial charge on any atom is -0.347 e. The first-order chi connectivity index (χ1) is 11.6. The standard InChI is InChI=1S/C17H21F3N4S/c1-9(2)11-7-12(10-5-6-10)14(25)8-13(11)24-16(23(3)4)21-15(22-24)17(18,19)20/h7-10,25H,5-6H2,1-4H3. The van der Waals surface area contributed by atoms with Gasteiger partial charge in [0.1, 0.15) is 0 Å². The number of rotatable bonds is 4. The van der Waals surface area contributed by atoms with Crippen molar-refractivity contribution in [2.24, 2.45) is 0 Å². The van der Waals surface area contributed by atoms with Gasteiger partial charge < -0.3 is 4.90 Å². The highest BCUT2D eigenvalue weighted by Crippen LogP contribution is 2.45. The lowest BCUT2D eigenvalue weighted by Crippen LogP contribution is -2.16. The lowest BCUT2D eigenvalue weighted by molar-refractivity contribution is -0.144. The monoisotopic (exact) mass is 370 g/mol. The molecule has 1 fully saturated rings. The van der Waals surface area contributed by atoms with Gasteiger partial charge in [-0.1, -0.05) is 19.9 Å². The Morgan fingerprint density at radius 3 is 2.36 bits per heavy atom. The number of nitrogens with zero attached hydrogens (tertiary/aromatic N) is 4. The third kappa shape index (κ3) is 3.49. The molecule has 0 aliphatic heterocycles. The number of anilines is 1. The lowest BCUT2D eigenvalue weighted by Gasteiger charge is -2.19. The average Bonchev–Trinajstić information content (AvgIpc) is 3.22. The number of thiol groups is 1. The first kappa shape index (κ1) is 18.1. The van der Waals surface area contributed by atoms with Crippen LogP contribution in [0.2, 0.25) is 0 Å². The molecule has 2 aromatic rings. The smallest absolute Gasteiger partial charge is 0.347 e. The summed E-state index contributed by atoms with van der Waals surface area (Å²) in [5.74, 6) is -0.358. The summed E-state index contributed by atoms with van der Waals surface area (Å²) in [6, 6.07) is 3.88. The van der Waals surface area contributed by atoms with Crippen molar-refractivity contribution in [3.8, 4) is 5.69 Å². The molecule has 1 aromatic carbocycles. The van der Waals surface area contributed by atoms with Crippen LogP contribution in [0.4, 0.5) is 19.1 Å². The summed E-state index contributed by atoms with van der Waals surface area (Å²) in [5.41, 5.74) is 2.70. The largest absolute Gasteiger partial charge is 0.453 e. The summed E-state index contributed by atoms with van der Waals surface area (Å²) in [4.78, 5) is 6.00. The van der Waals surface area contributed by atoms with Gasteiger partial charge in [-0.3, -0.25) is 0 Å². The Labute approximate surface area is 150 Å². The molecule has 4 nitrogen and oxygen atoms in total. The van der Waals surface area contributed by atoms with E-state index in [4.69, 9.17) is 0 Å². The highest BCUT2D eigenvalue weighted by atomic mass is 32.1. The molecule has 1 saturated carbocycles. The van der Waals surface area contributed by atoms with E-state index in [0.29, 0.717) is 11.6 Å². The molecule has 0 bridgehead atoms. The lowest BCUT2D eigenvalue weighted by atomic mass is 9.96. The van der Waals surface area contributed by atoms with Crippen LogP contribution in [0.3, 0.4) is 0 Å². The molecule has 0 spiro atoms. The molecule has 8 heteroatoms. The van der Waals surface area contributed by atoms with Crippen LogP contribution in [-0.2, 0) is 6.18 Å². The Morgan fingerprint density at radius 1 is 1.24 bits per heavy atom.